The van der Waals surface area contributed by atoms with E-state index in [0.29, 0.717) is 24.6 Å². The number of urea groups is 1. The van der Waals surface area contributed by atoms with Crippen LogP contribution in [-0.2, 0) is 13.0 Å². The number of rotatable bonds is 9. The SMILES string of the molecule is COc1ccc(CCCNC(=O)Nc2cccc(OCc3cccnc3)c2)cc1. The molecule has 0 spiro atoms. The predicted octanol–water partition coefficient (Wildman–Crippen LogP) is 4.42. The van der Waals surface area contributed by atoms with Gasteiger partial charge in [0.25, 0.3) is 0 Å². The van der Waals surface area contributed by atoms with Crippen LogP contribution in [0.1, 0.15) is 17.5 Å². The van der Waals surface area contributed by atoms with E-state index >= 15 is 0 Å². The second-order valence-electron chi connectivity index (χ2n) is 6.51. The van der Waals surface area contributed by atoms with Gasteiger partial charge in [-0.3, -0.25) is 4.98 Å². The van der Waals surface area contributed by atoms with Crippen LogP contribution in [-0.4, -0.2) is 24.7 Å². The van der Waals surface area contributed by atoms with E-state index in [1.54, 1.807) is 25.6 Å². The maximum atomic E-state index is 12.1. The smallest absolute Gasteiger partial charge is 0.319 e. The molecule has 2 aromatic carbocycles. The highest BCUT2D eigenvalue weighted by atomic mass is 16.5. The number of hydrogen-bond acceptors (Lipinski definition) is 4. The van der Waals surface area contributed by atoms with Crippen LogP contribution in [0.3, 0.4) is 0 Å². The molecule has 2 amide bonds. The Morgan fingerprint density at radius 1 is 1.00 bits per heavy atom. The van der Waals surface area contributed by atoms with Crippen molar-refractivity contribution >= 4 is 11.7 Å². The summed E-state index contributed by atoms with van der Waals surface area (Å²) in [6.45, 7) is 1.02. The molecule has 0 aliphatic heterocycles. The van der Waals surface area contributed by atoms with Gasteiger partial charge < -0.3 is 20.1 Å². The monoisotopic (exact) mass is 391 g/mol. The van der Waals surface area contributed by atoms with Gasteiger partial charge in [-0.2, -0.15) is 0 Å². The Hall–Kier alpha value is -3.54. The topological polar surface area (TPSA) is 72.5 Å². The summed E-state index contributed by atoms with van der Waals surface area (Å²) in [5.74, 6) is 1.53. The minimum absolute atomic E-state index is 0.232. The van der Waals surface area contributed by atoms with Crippen molar-refractivity contribution in [1.82, 2.24) is 10.3 Å². The van der Waals surface area contributed by atoms with Crippen LogP contribution in [0, 0.1) is 0 Å². The molecule has 6 heteroatoms. The molecule has 3 rings (SSSR count). The number of benzene rings is 2. The lowest BCUT2D eigenvalue weighted by Crippen LogP contribution is -2.29. The average Bonchev–Trinajstić information content (AvgIpc) is 2.77. The number of aryl methyl sites for hydroxylation is 1. The highest BCUT2D eigenvalue weighted by Crippen LogP contribution is 2.18. The first-order chi connectivity index (χ1) is 14.2. The maximum absolute atomic E-state index is 12.1. The van der Waals surface area contributed by atoms with Crippen LogP contribution in [0.4, 0.5) is 10.5 Å². The van der Waals surface area contributed by atoms with E-state index in [1.807, 2.05) is 54.6 Å². The Morgan fingerprint density at radius 3 is 2.62 bits per heavy atom. The van der Waals surface area contributed by atoms with Crippen molar-refractivity contribution in [3.05, 3.63) is 84.2 Å². The maximum Gasteiger partial charge on any atom is 0.319 e. The molecule has 0 saturated heterocycles. The molecule has 29 heavy (non-hydrogen) atoms. The first kappa shape index (κ1) is 20.2. The van der Waals surface area contributed by atoms with Gasteiger partial charge in [0.1, 0.15) is 18.1 Å². The number of nitrogens with one attached hydrogen (secondary N) is 2. The van der Waals surface area contributed by atoms with Crippen LogP contribution in [0.2, 0.25) is 0 Å². The summed E-state index contributed by atoms with van der Waals surface area (Å²) in [5, 5.41) is 5.71. The molecular formula is C23H25N3O3. The lowest BCUT2D eigenvalue weighted by Gasteiger charge is -2.10. The molecule has 0 aliphatic rings. The molecule has 3 aromatic rings. The molecule has 2 N–H and O–H groups in total. The second-order valence-corrected chi connectivity index (χ2v) is 6.51. The summed E-state index contributed by atoms with van der Waals surface area (Å²) in [6.07, 6.45) is 5.24. The van der Waals surface area contributed by atoms with Crippen molar-refractivity contribution < 1.29 is 14.3 Å². The first-order valence-electron chi connectivity index (χ1n) is 9.52. The molecule has 0 fully saturated rings. The standard InChI is InChI=1S/C23H25N3O3/c1-28-21-11-9-18(10-12-21)5-4-14-25-23(27)26-20-7-2-8-22(15-20)29-17-19-6-3-13-24-16-19/h2-3,6-13,15-16H,4-5,14,17H2,1H3,(H2,25,26,27). The number of methoxy groups -OCH3 is 1. The number of nitrogens with zero attached hydrogens (tertiary/aromatic N) is 1. The average molecular weight is 391 g/mol. The highest BCUT2D eigenvalue weighted by molar-refractivity contribution is 5.89. The van der Waals surface area contributed by atoms with E-state index < -0.39 is 0 Å². The molecule has 0 bridgehead atoms. The molecule has 6 nitrogen and oxygen atoms in total. The fourth-order valence-corrected chi connectivity index (χ4v) is 2.78. The Kier molecular flexibility index (Phi) is 7.46. The summed E-state index contributed by atoms with van der Waals surface area (Å²) >= 11 is 0. The molecule has 150 valence electrons. The van der Waals surface area contributed by atoms with Crippen LogP contribution in [0.25, 0.3) is 0 Å². The quantitative estimate of drug-likeness (QED) is 0.530. The number of amides is 2. The third-order valence-corrected chi connectivity index (χ3v) is 4.31. The summed E-state index contributed by atoms with van der Waals surface area (Å²) < 4.78 is 10.9. The number of pyridine rings is 1. The summed E-state index contributed by atoms with van der Waals surface area (Å²) in [5.41, 5.74) is 2.88. The van der Waals surface area contributed by atoms with Gasteiger partial charge in [-0.05, 0) is 48.7 Å². The van der Waals surface area contributed by atoms with E-state index in [-0.39, 0.29) is 6.03 Å². The van der Waals surface area contributed by atoms with Crippen molar-refractivity contribution in [3.8, 4) is 11.5 Å². The van der Waals surface area contributed by atoms with Crippen LogP contribution < -0.4 is 20.1 Å². The fraction of sp³-hybridized carbons (Fsp3) is 0.217. The first-order valence-corrected chi connectivity index (χ1v) is 9.52. The van der Waals surface area contributed by atoms with Gasteiger partial charge in [0.05, 0.1) is 7.11 Å². The summed E-state index contributed by atoms with van der Waals surface area (Å²) in [4.78, 5) is 16.2. The molecular weight excluding hydrogens is 366 g/mol. The van der Waals surface area contributed by atoms with E-state index in [1.165, 1.54) is 5.56 Å². The van der Waals surface area contributed by atoms with Crippen molar-refractivity contribution in [1.29, 1.82) is 0 Å². The number of carbonyl (C=O) groups is 1. The Labute approximate surface area is 170 Å². The Morgan fingerprint density at radius 2 is 1.86 bits per heavy atom. The minimum Gasteiger partial charge on any atom is -0.497 e. The molecule has 0 radical (unpaired) electrons. The summed E-state index contributed by atoms with van der Waals surface area (Å²) in [7, 11) is 1.65. The van der Waals surface area contributed by atoms with Crippen molar-refractivity contribution in [2.75, 3.05) is 19.0 Å². The van der Waals surface area contributed by atoms with Gasteiger partial charge in [0, 0.05) is 36.3 Å². The molecule has 1 aromatic heterocycles. The summed E-state index contributed by atoms with van der Waals surface area (Å²) in [6, 6.07) is 18.9. The van der Waals surface area contributed by atoms with Crippen molar-refractivity contribution in [2.45, 2.75) is 19.4 Å². The largest absolute Gasteiger partial charge is 0.497 e. The normalized spacial score (nSPS) is 10.2. The number of anilines is 1. The zero-order valence-corrected chi connectivity index (χ0v) is 16.4. The van der Waals surface area contributed by atoms with Gasteiger partial charge in [-0.25, -0.2) is 4.79 Å². The molecule has 0 unspecified atom stereocenters. The number of carbonyl (C=O) groups excluding carboxylic acids is 1. The minimum atomic E-state index is -0.232. The van der Waals surface area contributed by atoms with Crippen molar-refractivity contribution in [3.63, 3.8) is 0 Å². The van der Waals surface area contributed by atoms with Crippen molar-refractivity contribution in [2.24, 2.45) is 0 Å². The van der Waals surface area contributed by atoms with E-state index in [0.717, 1.165) is 24.2 Å². The van der Waals surface area contributed by atoms with Gasteiger partial charge in [0.15, 0.2) is 0 Å². The Balaban J connectivity index is 1.39. The number of hydrogen-bond donors (Lipinski definition) is 2. The third kappa shape index (κ3) is 6.84. The van der Waals surface area contributed by atoms with E-state index in [2.05, 4.69) is 15.6 Å². The second kappa shape index (κ2) is 10.7. The zero-order valence-electron chi connectivity index (χ0n) is 16.4. The van der Waals surface area contributed by atoms with Gasteiger partial charge in [0.2, 0.25) is 0 Å². The lowest BCUT2D eigenvalue weighted by molar-refractivity contribution is 0.252. The molecule has 0 saturated carbocycles. The van der Waals surface area contributed by atoms with Crippen LogP contribution in [0.15, 0.2) is 73.1 Å². The molecule has 1 heterocycles. The predicted molar refractivity (Wildman–Crippen MR) is 113 cm³/mol. The van der Waals surface area contributed by atoms with Gasteiger partial charge >= 0.3 is 6.03 Å². The highest BCUT2D eigenvalue weighted by Gasteiger charge is 2.03. The zero-order chi connectivity index (χ0) is 20.3. The fourth-order valence-electron chi connectivity index (χ4n) is 2.78. The number of ether oxygens (including phenoxy) is 2. The van der Waals surface area contributed by atoms with E-state index in [9.17, 15) is 4.79 Å². The number of aromatic nitrogens is 1. The lowest BCUT2D eigenvalue weighted by atomic mass is 10.1. The van der Waals surface area contributed by atoms with Crippen LogP contribution in [0.5, 0.6) is 11.5 Å². The van der Waals surface area contributed by atoms with Gasteiger partial charge in [-0.1, -0.05) is 24.3 Å². The van der Waals surface area contributed by atoms with Gasteiger partial charge in [-0.15, -0.1) is 0 Å². The van der Waals surface area contributed by atoms with Crippen LogP contribution >= 0.6 is 0 Å². The third-order valence-electron chi connectivity index (χ3n) is 4.31. The molecule has 0 atom stereocenters. The Bertz CT molecular complexity index is 899. The van der Waals surface area contributed by atoms with E-state index in [4.69, 9.17) is 9.47 Å². The molecule has 0 aliphatic carbocycles.